The Kier molecular flexibility index (Phi) is 11.2. The molecule has 4 nitrogen and oxygen atoms in total. The fraction of sp³-hybridized carbons (Fsp3) is 0.0870. The van der Waals surface area contributed by atoms with E-state index in [1.165, 1.54) is 18.4 Å². The molecule has 0 amide bonds. The first-order valence-electron chi connectivity index (χ1n) is 8.96. The van der Waals surface area contributed by atoms with Crippen molar-refractivity contribution in [2.24, 2.45) is 0 Å². The largest absolute Gasteiger partial charge is 1.00 e. The number of aromatic amines is 1. The maximum absolute atomic E-state index is 12.8. The molecular weight excluding hydrogens is 503 g/mol. The van der Waals surface area contributed by atoms with Gasteiger partial charge in [0, 0.05) is 11.3 Å². The summed E-state index contributed by atoms with van der Waals surface area (Å²) in [4.78, 5) is 24.1. The predicted molar refractivity (Wildman–Crippen MR) is 122 cm³/mol. The van der Waals surface area contributed by atoms with E-state index in [0.717, 1.165) is 16.7 Å². The molecular formula is C23H14Cl2F3LiN2O2S-2. The summed E-state index contributed by atoms with van der Waals surface area (Å²) in [6.07, 6.45) is -2.98. The first kappa shape index (κ1) is 29.6. The SMILES string of the molecule is O=[C-]c1c(Sc2c(Cl)cccc2Cl)cc(C(F)(F)F)[nH]c1=O.[CH2-]c1ccc(CC#N)cc1[CH2-].[Li+]. The zero-order valence-corrected chi connectivity index (χ0v) is 20.1. The molecule has 0 atom stereocenters. The molecule has 3 aromatic rings. The molecule has 0 aliphatic carbocycles. The molecule has 3 rings (SSSR count). The number of hydrogen-bond donors (Lipinski definition) is 1. The molecule has 0 spiro atoms. The molecule has 172 valence electrons. The summed E-state index contributed by atoms with van der Waals surface area (Å²) in [5.74, 6) is 0. The fourth-order valence-electron chi connectivity index (χ4n) is 2.44. The zero-order valence-electron chi connectivity index (χ0n) is 17.7. The van der Waals surface area contributed by atoms with Crippen LogP contribution in [0.3, 0.4) is 0 Å². The number of aromatic nitrogens is 1. The number of rotatable bonds is 4. The van der Waals surface area contributed by atoms with Gasteiger partial charge in [0.1, 0.15) is 11.3 Å². The van der Waals surface area contributed by atoms with Crippen LogP contribution in [0.25, 0.3) is 0 Å². The summed E-state index contributed by atoms with van der Waals surface area (Å²) >= 11 is 12.6. The number of H-pyrrole nitrogens is 1. The van der Waals surface area contributed by atoms with Gasteiger partial charge >= 0.3 is 25.0 Å². The van der Waals surface area contributed by atoms with Gasteiger partial charge in [-0.05, 0) is 12.1 Å². The van der Waals surface area contributed by atoms with Crippen molar-refractivity contribution in [3.05, 3.63) is 105 Å². The van der Waals surface area contributed by atoms with E-state index in [4.69, 9.17) is 28.5 Å². The van der Waals surface area contributed by atoms with Gasteiger partial charge in [-0.3, -0.25) is 25.0 Å². The van der Waals surface area contributed by atoms with Crippen molar-refractivity contribution >= 4 is 41.2 Å². The summed E-state index contributed by atoms with van der Waals surface area (Å²) in [7, 11) is 0. The number of alkyl halides is 3. The first-order valence-corrected chi connectivity index (χ1v) is 10.5. The third-order valence-corrected chi connectivity index (χ3v) is 6.13. The Labute approximate surface area is 220 Å². The average molecular weight is 517 g/mol. The molecule has 1 N–H and O–H groups in total. The maximum atomic E-state index is 12.8. The molecule has 34 heavy (non-hydrogen) atoms. The summed E-state index contributed by atoms with van der Waals surface area (Å²) < 4.78 is 38.3. The van der Waals surface area contributed by atoms with Gasteiger partial charge in [0.15, 0.2) is 0 Å². The van der Waals surface area contributed by atoms with E-state index in [9.17, 15) is 22.8 Å². The van der Waals surface area contributed by atoms with Crippen LogP contribution in [0.4, 0.5) is 13.2 Å². The summed E-state index contributed by atoms with van der Waals surface area (Å²) in [5.41, 5.74) is -0.180. The Morgan fingerprint density at radius 3 is 2.21 bits per heavy atom. The first-order chi connectivity index (χ1) is 15.5. The summed E-state index contributed by atoms with van der Waals surface area (Å²) in [6, 6.07) is 12.9. The van der Waals surface area contributed by atoms with Crippen molar-refractivity contribution in [3.8, 4) is 6.07 Å². The molecule has 0 fully saturated rings. The molecule has 0 saturated carbocycles. The molecule has 0 radical (unpaired) electrons. The van der Waals surface area contributed by atoms with Crippen molar-refractivity contribution < 1.29 is 36.8 Å². The average Bonchev–Trinajstić information content (AvgIpc) is 2.73. The predicted octanol–water partition coefficient (Wildman–Crippen LogP) is 3.43. The van der Waals surface area contributed by atoms with Crippen LogP contribution in [-0.2, 0) is 17.4 Å². The van der Waals surface area contributed by atoms with Gasteiger partial charge in [0.05, 0.1) is 22.4 Å². The van der Waals surface area contributed by atoms with Crippen LogP contribution in [0, 0.1) is 25.2 Å². The van der Waals surface area contributed by atoms with Crippen molar-refractivity contribution in [1.82, 2.24) is 4.98 Å². The zero-order chi connectivity index (χ0) is 24.8. The Hall–Kier alpha value is -2.39. The van der Waals surface area contributed by atoms with E-state index >= 15 is 0 Å². The van der Waals surface area contributed by atoms with E-state index in [1.807, 2.05) is 18.2 Å². The molecule has 0 saturated heterocycles. The van der Waals surface area contributed by atoms with E-state index in [-0.39, 0.29) is 38.7 Å². The Morgan fingerprint density at radius 1 is 1.09 bits per heavy atom. The van der Waals surface area contributed by atoms with E-state index < -0.39 is 23.0 Å². The number of hydrogen-bond acceptors (Lipinski definition) is 4. The molecule has 11 heteroatoms. The number of nitriles is 1. The Balaban J connectivity index is 0.000000407. The quantitative estimate of drug-likeness (QED) is 0.426. The molecule has 0 unspecified atom stereocenters. The normalized spacial score (nSPS) is 10.4. The molecule has 0 bridgehead atoms. The minimum atomic E-state index is -4.76. The smallest absolute Gasteiger partial charge is 0.376 e. The number of nitrogens with zero attached hydrogens (tertiary/aromatic N) is 1. The minimum Gasteiger partial charge on any atom is -0.376 e. The second kappa shape index (κ2) is 12.9. The second-order valence-corrected chi connectivity index (χ2v) is 8.31. The van der Waals surface area contributed by atoms with Crippen LogP contribution >= 0.6 is 35.0 Å². The number of carbonyl (C=O) groups excluding carboxylic acids is 1. The summed E-state index contributed by atoms with van der Waals surface area (Å²) in [6.45, 7) is 7.57. The minimum absolute atomic E-state index is 0. The van der Waals surface area contributed by atoms with Gasteiger partial charge in [0.25, 0.3) is 0 Å². The maximum Gasteiger partial charge on any atom is 1.00 e. The van der Waals surface area contributed by atoms with Crippen molar-refractivity contribution in [3.63, 3.8) is 0 Å². The van der Waals surface area contributed by atoms with Crippen LogP contribution in [-0.4, -0.2) is 11.3 Å². The second-order valence-electron chi connectivity index (χ2n) is 6.44. The molecule has 1 aromatic heterocycles. The number of benzene rings is 2. The standard InChI is InChI=1S/C13H5Cl2F3NO2S.C10H9N.Li/c14-7-2-1-3-8(15)11(7)22-9-4-10(13(16,17)18)19-12(21)6(9)5-20;1-8-3-4-10(5-6-11)7-9(8)2;/h1-4H,(H,19,21);3-4,7H,1-2,5H2;/q-1;-2;+1. The van der Waals surface area contributed by atoms with Gasteiger partial charge in [-0.25, -0.2) is 12.1 Å². The third kappa shape index (κ3) is 7.84. The van der Waals surface area contributed by atoms with Crippen molar-refractivity contribution in [1.29, 1.82) is 5.26 Å². The van der Waals surface area contributed by atoms with Gasteiger partial charge in [-0.15, -0.1) is 11.6 Å². The fourth-order valence-corrected chi connectivity index (χ4v) is 4.03. The van der Waals surface area contributed by atoms with Gasteiger partial charge in [0.2, 0.25) is 0 Å². The molecule has 2 aromatic carbocycles. The Morgan fingerprint density at radius 2 is 1.71 bits per heavy atom. The van der Waals surface area contributed by atoms with E-state index in [0.29, 0.717) is 24.2 Å². The Bertz CT molecular complexity index is 1250. The van der Waals surface area contributed by atoms with Gasteiger partial charge < -0.3 is 14.6 Å². The van der Waals surface area contributed by atoms with E-state index in [1.54, 1.807) is 11.1 Å². The van der Waals surface area contributed by atoms with Gasteiger partial charge in [-0.1, -0.05) is 45.8 Å². The summed E-state index contributed by atoms with van der Waals surface area (Å²) in [5, 5.41) is 8.76. The van der Waals surface area contributed by atoms with Crippen LogP contribution in [0.15, 0.2) is 57.1 Å². The topological polar surface area (TPSA) is 73.7 Å². The van der Waals surface area contributed by atoms with Gasteiger partial charge in [-0.2, -0.15) is 30.2 Å². The van der Waals surface area contributed by atoms with E-state index in [2.05, 4.69) is 19.9 Å². The number of halogens is 5. The van der Waals surface area contributed by atoms with Crippen molar-refractivity contribution in [2.45, 2.75) is 22.4 Å². The molecule has 0 aliphatic heterocycles. The molecule has 0 aliphatic rings. The molecule has 1 heterocycles. The third-order valence-electron chi connectivity index (χ3n) is 4.09. The number of pyridine rings is 1. The van der Waals surface area contributed by atoms with Crippen LogP contribution in [0.1, 0.15) is 27.9 Å². The number of nitrogens with one attached hydrogen (secondary N) is 1. The van der Waals surface area contributed by atoms with Crippen molar-refractivity contribution in [2.75, 3.05) is 0 Å². The van der Waals surface area contributed by atoms with Crippen LogP contribution < -0.4 is 24.4 Å². The van der Waals surface area contributed by atoms with Crippen LogP contribution in [0.5, 0.6) is 0 Å². The van der Waals surface area contributed by atoms with Crippen LogP contribution in [0.2, 0.25) is 10.0 Å². The monoisotopic (exact) mass is 516 g/mol.